The number of aryl methyl sites for hydroxylation is 1. The van der Waals surface area contributed by atoms with Crippen LogP contribution in [0.3, 0.4) is 0 Å². The predicted octanol–water partition coefficient (Wildman–Crippen LogP) is 2.55. The first kappa shape index (κ1) is 20.1. The van der Waals surface area contributed by atoms with Crippen LogP contribution < -0.4 is 16.4 Å². The van der Waals surface area contributed by atoms with Gasteiger partial charge in [-0.05, 0) is 55.2 Å². The fraction of sp³-hybridized carbons (Fsp3) is 0.292. The van der Waals surface area contributed by atoms with Gasteiger partial charge in [0.25, 0.3) is 11.5 Å². The number of carbonyl (C=O) groups excluding carboxylic acids is 1. The molecule has 8 heteroatoms. The van der Waals surface area contributed by atoms with Crippen molar-refractivity contribution in [3.05, 3.63) is 81.5 Å². The monoisotopic (exact) mass is 428 g/mol. The summed E-state index contributed by atoms with van der Waals surface area (Å²) >= 11 is 0. The van der Waals surface area contributed by atoms with E-state index < -0.39 is 0 Å². The Morgan fingerprint density at radius 1 is 1.19 bits per heavy atom. The Kier molecular flexibility index (Phi) is 5.05. The second kappa shape index (κ2) is 8.03. The number of rotatable bonds is 4. The van der Waals surface area contributed by atoms with Crippen molar-refractivity contribution in [1.29, 1.82) is 5.41 Å². The second-order valence-corrected chi connectivity index (χ2v) is 8.39. The summed E-state index contributed by atoms with van der Waals surface area (Å²) in [6.45, 7) is 2.21. The number of aromatic nitrogens is 4. The first-order valence-electron chi connectivity index (χ1n) is 10.8. The van der Waals surface area contributed by atoms with Gasteiger partial charge in [-0.1, -0.05) is 18.9 Å². The average Bonchev–Trinajstić information content (AvgIpc) is 3.30. The Morgan fingerprint density at radius 2 is 1.94 bits per heavy atom. The zero-order valence-electron chi connectivity index (χ0n) is 17.8. The van der Waals surface area contributed by atoms with Crippen LogP contribution in [0.5, 0.6) is 0 Å². The third kappa shape index (κ3) is 3.57. The minimum absolute atomic E-state index is 0.0353. The van der Waals surface area contributed by atoms with Crippen LogP contribution in [0.25, 0.3) is 16.7 Å². The van der Waals surface area contributed by atoms with E-state index in [-0.39, 0.29) is 28.6 Å². The molecule has 4 heterocycles. The van der Waals surface area contributed by atoms with Gasteiger partial charge in [0.15, 0.2) is 0 Å². The summed E-state index contributed by atoms with van der Waals surface area (Å²) in [4.78, 5) is 35.2. The van der Waals surface area contributed by atoms with Crippen LogP contribution in [0.1, 0.15) is 47.2 Å². The third-order valence-electron chi connectivity index (χ3n) is 6.08. The Balaban J connectivity index is 1.75. The number of hydrogen-bond acceptors (Lipinski definition) is 5. The molecule has 1 saturated carbocycles. The van der Waals surface area contributed by atoms with Crippen LogP contribution in [0.2, 0.25) is 0 Å². The average molecular weight is 428 g/mol. The fourth-order valence-electron chi connectivity index (χ4n) is 4.37. The highest BCUT2D eigenvalue weighted by Gasteiger charge is 2.22. The quantitative estimate of drug-likeness (QED) is 0.487. The maximum Gasteiger partial charge on any atom is 0.267 e. The summed E-state index contributed by atoms with van der Waals surface area (Å²) in [5.41, 5.74) is 2.68. The van der Waals surface area contributed by atoms with Crippen molar-refractivity contribution in [3.8, 4) is 0 Å². The van der Waals surface area contributed by atoms with E-state index in [2.05, 4.69) is 10.3 Å². The molecule has 0 radical (unpaired) electrons. The van der Waals surface area contributed by atoms with Crippen molar-refractivity contribution < 1.29 is 4.79 Å². The molecule has 5 rings (SSSR count). The summed E-state index contributed by atoms with van der Waals surface area (Å²) in [5.74, 6) is -0.319. The molecular formula is C24H24N6O2. The van der Waals surface area contributed by atoms with E-state index in [1.54, 1.807) is 29.2 Å². The van der Waals surface area contributed by atoms with Crippen LogP contribution >= 0.6 is 0 Å². The van der Waals surface area contributed by atoms with Crippen LogP contribution in [-0.4, -0.2) is 30.9 Å². The molecule has 1 amide bonds. The van der Waals surface area contributed by atoms with Gasteiger partial charge in [0.05, 0.1) is 17.5 Å². The van der Waals surface area contributed by atoms with Gasteiger partial charge in [-0.2, -0.15) is 0 Å². The molecule has 4 aromatic rings. The number of hydrogen-bond donors (Lipinski definition) is 2. The molecule has 8 nitrogen and oxygen atoms in total. The van der Waals surface area contributed by atoms with Gasteiger partial charge in [-0.15, -0.1) is 0 Å². The topological polar surface area (TPSA) is 105 Å². The summed E-state index contributed by atoms with van der Waals surface area (Å²) in [6.07, 6.45) is 9.17. The number of nitrogens with zero attached hydrogens (tertiary/aromatic N) is 4. The Hall–Kier alpha value is -3.81. The van der Waals surface area contributed by atoms with Crippen molar-refractivity contribution in [3.63, 3.8) is 0 Å². The van der Waals surface area contributed by atoms with E-state index >= 15 is 0 Å². The lowest BCUT2D eigenvalue weighted by atomic mass is 10.1. The van der Waals surface area contributed by atoms with E-state index in [0.29, 0.717) is 23.2 Å². The largest absolute Gasteiger partial charge is 0.349 e. The van der Waals surface area contributed by atoms with Crippen molar-refractivity contribution >= 4 is 22.6 Å². The lowest BCUT2D eigenvalue weighted by molar-refractivity contribution is 0.0935. The molecule has 0 atom stereocenters. The highest BCUT2D eigenvalue weighted by molar-refractivity contribution is 5.97. The third-order valence-corrected chi connectivity index (χ3v) is 6.08. The maximum absolute atomic E-state index is 13.4. The Bertz CT molecular complexity index is 1450. The lowest BCUT2D eigenvalue weighted by Crippen LogP contribution is -2.38. The predicted molar refractivity (Wildman–Crippen MR) is 121 cm³/mol. The van der Waals surface area contributed by atoms with Gasteiger partial charge in [0.2, 0.25) is 0 Å². The number of pyridine rings is 3. The first-order valence-corrected chi connectivity index (χ1v) is 10.8. The normalized spacial score (nSPS) is 14.3. The molecule has 0 aliphatic heterocycles. The summed E-state index contributed by atoms with van der Waals surface area (Å²) in [6, 6.07) is 9.02. The van der Waals surface area contributed by atoms with Crippen LogP contribution in [0.15, 0.2) is 53.7 Å². The van der Waals surface area contributed by atoms with Crippen LogP contribution in [-0.2, 0) is 6.54 Å². The number of amides is 1. The van der Waals surface area contributed by atoms with E-state index in [4.69, 9.17) is 10.4 Å². The molecule has 162 valence electrons. The van der Waals surface area contributed by atoms with Gasteiger partial charge in [-0.3, -0.25) is 24.4 Å². The SMILES string of the molecule is Cc1ccc2nc3c(cc(C(=O)NC4CCCC4)c(=N)n3Cc3ccncc3)c(=O)n2c1. The zero-order valence-corrected chi connectivity index (χ0v) is 17.8. The van der Waals surface area contributed by atoms with Gasteiger partial charge < -0.3 is 9.88 Å². The number of fused-ring (bicyclic) bond motifs is 2. The molecule has 32 heavy (non-hydrogen) atoms. The summed E-state index contributed by atoms with van der Waals surface area (Å²) in [5, 5.41) is 12.2. The van der Waals surface area contributed by atoms with Crippen LogP contribution in [0, 0.1) is 12.3 Å². The maximum atomic E-state index is 13.4. The molecular weight excluding hydrogens is 404 g/mol. The molecule has 0 aromatic carbocycles. The number of carbonyl (C=O) groups is 1. The second-order valence-electron chi connectivity index (χ2n) is 8.39. The highest BCUT2D eigenvalue weighted by Crippen LogP contribution is 2.18. The van der Waals surface area contributed by atoms with E-state index in [9.17, 15) is 9.59 Å². The first-order chi connectivity index (χ1) is 15.5. The minimum Gasteiger partial charge on any atom is -0.349 e. The molecule has 1 aliphatic carbocycles. The van der Waals surface area contributed by atoms with E-state index in [0.717, 1.165) is 36.8 Å². The van der Waals surface area contributed by atoms with Crippen molar-refractivity contribution in [2.45, 2.75) is 45.2 Å². The van der Waals surface area contributed by atoms with E-state index in [1.165, 1.54) is 10.5 Å². The van der Waals surface area contributed by atoms with Gasteiger partial charge in [0.1, 0.15) is 16.8 Å². The molecule has 0 saturated heterocycles. The van der Waals surface area contributed by atoms with Crippen molar-refractivity contribution in [1.82, 2.24) is 24.3 Å². The fourth-order valence-corrected chi connectivity index (χ4v) is 4.37. The Labute approximate surface area is 184 Å². The zero-order chi connectivity index (χ0) is 22.2. The summed E-state index contributed by atoms with van der Waals surface area (Å²) in [7, 11) is 0. The Morgan fingerprint density at radius 3 is 2.69 bits per heavy atom. The van der Waals surface area contributed by atoms with Crippen LogP contribution in [0.4, 0.5) is 0 Å². The molecule has 4 aromatic heterocycles. The molecule has 2 N–H and O–H groups in total. The molecule has 1 fully saturated rings. The minimum atomic E-state index is -0.319. The van der Waals surface area contributed by atoms with Gasteiger partial charge in [0, 0.05) is 24.6 Å². The molecule has 0 bridgehead atoms. The highest BCUT2D eigenvalue weighted by atomic mass is 16.2. The lowest BCUT2D eigenvalue weighted by Gasteiger charge is -2.16. The van der Waals surface area contributed by atoms with E-state index in [1.807, 2.05) is 25.1 Å². The standard InChI is InChI=1S/C24H24N6O2/c1-15-6-7-20-28-22-19(24(32)29(20)13-15)12-18(23(31)27-17-4-2-3-5-17)21(25)30(22)14-16-8-10-26-11-9-16/h6-13,17,25H,2-5,14H2,1H3,(H,27,31). The van der Waals surface area contributed by atoms with Gasteiger partial charge >= 0.3 is 0 Å². The smallest absolute Gasteiger partial charge is 0.267 e. The molecule has 1 aliphatic rings. The summed E-state index contributed by atoms with van der Waals surface area (Å²) < 4.78 is 3.13. The van der Waals surface area contributed by atoms with Crippen molar-refractivity contribution in [2.75, 3.05) is 0 Å². The number of nitrogens with one attached hydrogen (secondary N) is 2. The molecule has 0 spiro atoms. The molecule has 0 unspecified atom stereocenters. The van der Waals surface area contributed by atoms with Crippen molar-refractivity contribution in [2.24, 2.45) is 0 Å². The van der Waals surface area contributed by atoms with Gasteiger partial charge in [-0.25, -0.2) is 4.98 Å².